The van der Waals surface area contributed by atoms with Gasteiger partial charge < -0.3 is 19.2 Å². The van der Waals surface area contributed by atoms with E-state index in [1.54, 1.807) is 30.3 Å². The summed E-state index contributed by atoms with van der Waals surface area (Å²) in [6.07, 6.45) is 2.54. The number of nitrogens with zero attached hydrogens (tertiary/aromatic N) is 1. The summed E-state index contributed by atoms with van der Waals surface area (Å²) in [5.41, 5.74) is 0.333. The normalized spacial score (nSPS) is 13.3. The van der Waals surface area contributed by atoms with Crippen LogP contribution in [0.3, 0.4) is 0 Å². The van der Waals surface area contributed by atoms with E-state index in [0.717, 1.165) is 10.6 Å². The number of carbonyl (C=O) groups excluding carboxylic acids is 1. The Balaban J connectivity index is 1.75. The van der Waals surface area contributed by atoms with Gasteiger partial charge in [0.25, 0.3) is 0 Å². The van der Waals surface area contributed by atoms with E-state index in [-0.39, 0.29) is 13.1 Å². The van der Waals surface area contributed by atoms with Crippen LogP contribution in [0, 0.1) is 0 Å². The van der Waals surface area contributed by atoms with Crippen molar-refractivity contribution in [1.29, 1.82) is 0 Å². The predicted molar refractivity (Wildman–Crippen MR) is 90.2 cm³/mol. The lowest BCUT2D eigenvalue weighted by Crippen LogP contribution is -2.40. The number of rotatable bonds is 6. The Morgan fingerprint density at radius 2 is 1.96 bits per heavy atom. The smallest absolute Gasteiger partial charge is 0.241 e. The second kappa shape index (κ2) is 7.06. The highest BCUT2D eigenvalue weighted by molar-refractivity contribution is 7.92. The zero-order chi connectivity index (χ0) is 17.9. The van der Waals surface area contributed by atoms with Crippen LogP contribution in [0.15, 0.2) is 41.0 Å². The van der Waals surface area contributed by atoms with Crippen molar-refractivity contribution >= 4 is 21.6 Å². The number of fused-ring (bicyclic) bond motifs is 1. The molecule has 9 heteroatoms. The molecule has 0 atom stereocenters. The van der Waals surface area contributed by atoms with E-state index in [1.165, 1.54) is 6.26 Å². The fourth-order valence-corrected chi connectivity index (χ4v) is 3.22. The summed E-state index contributed by atoms with van der Waals surface area (Å²) < 4.78 is 41.3. The van der Waals surface area contributed by atoms with Gasteiger partial charge in [0.1, 0.15) is 25.5 Å². The Labute approximate surface area is 145 Å². The van der Waals surface area contributed by atoms with Crippen molar-refractivity contribution in [3.63, 3.8) is 0 Å². The van der Waals surface area contributed by atoms with Crippen molar-refractivity contribution in [1.82, 2.24) is 5.32 Å². The minimum atomic E-state index is -3.66. The zero-order valence-corrected chi connectivity index (χ0v) is 14.4. The lowest BCUT2D eigenvalue weighted by molar-refractivity contribution is -0.119. The molecule has 2 heterocycles. The maximum atomic E-state index is 12.1. The first kappa shape index (κ1) is 17.2. The molecule has 0 saturated carbocycles. The average molecular weight is 366 g/mol. The fourth-order valence-electron chi connectivity index (χ4n) is 2.37. The molecule has 1 aliphatic rings. The Kier molecular flexibility index (Phi) is 4.84. The van der Waals surface area contributed by atoms with Crippen molar-refractivity contribution in [2.45, 2.75) is 6.54 Å². The molecular formula is C16H18N2O6S. The summed E-state index contributed by atoms with van der Waals surface area (Å²) in [7, 11) is -3.66. The third kappa shape index (κ3) is 4.24. The second-order valence-electron chi connectivity index (χ2n) is 5.45. The monoisotopic (exact) mass is 366 g/mol. The SMILES string of the molecule is CS(=O)(=O)N(CC(=O)NCc1ccco1)c1ccc2c(c1)OCCO2. The highest BCUT2D eigenvalue weighted by Crippen LogP contribution is 2.34. The molecular weight excluding hydrogens is 348 g/mol. The third-order valence-corrected chi connectivity index (χ3v) is 4.68. The van der Waals surface area contributed by atoms with Gasteiger partial charge in [-0.05, 0) is 24.3 Å². The molecule has 134 valence electrons. The van der Waals surface area contributed by atoms with Gasteiger partial charge in [0.05, 0.1) is 24.8 Å². The van der Waals surface area contributed by atoms with E-state index < -0.39 is 15.9 Å². The van der Waals surface area contributed by atoms with Gasteiger partial charge >= 0.3 is 0 Å². The van der Waals surface area contributed by atoms with Crippen molar-refractivity contribution < 1.29 is 27.1 Å². The highest BCUT2D eigenvalue weighted by atomic mass is 32.2. The molecule has 0 aliphatic carbocycles. The van der Waals surface area contributed by atoms with Gasteiger partial charge in [-0.2, -0.15) is 0 Å². The number of hydrogen-bond acceptors (Lipinski definition) is 6. The maximum absolute atomic E-state index is 12.1. The summed E-state index contributed by atoms with van der Waals surface area (Å²) in [6.45, 7) is 0.667. The summed E-state index contributed by atoms with van der Waals surface area (Å²) >= 11 is 0. The van der Waals surface area contributed by atoms with Crippen LogP contribution < -0.4 is 19.1 Å². The molecule has 1 aliphatic heterocycles. The van der Waals surface area contributed by atoms with E-state index in [0.29, 0.717) is 36.2 Å². The van der Waals surface area contributed by atoms with Crippen molar-refractivity contribution in [3.05, 3.63) is 42.4 Å². The van der Waals surface area contributed by atoms with Crippen LogP contribution in [-0.4, -0.2) is 40.3 Å². The quantitative estimate of drug-likeness (QED) is 0.823. The molecule has 0 unspecified atom stereocenters. The minimum absolute atomic E-state index is 0.185. The summed E-state index contributed by atoms with van der Waals surface area (Å²) in [4.78, 5) is 12.1. The molecule has 2 aromatic rings. The standard InChI is InChI=1S/C16H18N2O6S/c1-25(20,21)18(11-16(19)17-10-13-3-2-6-22-13)12-4-5-14-15(9-12)24-8-7-23-14/h2-6,9H,7-8,10-11H2,1H3,(H,17,19). The van der Waals surface area contributed by atoms with Crippen LogP contribution in [0.25, 0.3) is 0 Å². The third-order valence-electron chi connectivity index (χ3n) is 3.54. The predicted octanol–water partition coefficient (Wildman–Crippen LogP) is 1.13. The Morgan fingerprint density at radius 3 is 2.64 bits per heavy atom. The minimum Gasteiger partial charge on any atom is -0.486 e. The van der Waals surface area contributed by atoms with Gasteiger partial charge in [0.15, 0.2) is 11.5 Å². The lowest BCUT2D eigenvalue weighted by atomic mass is 10.2. The fraction of sp³-hybridized carbons (Fsp3) is 0.312. The average Bonchev–Trinajstić information content (AvgIpc) is 3.10. The molecule has 1 aromatic carbocycles. The van der Waals surface area contributed by atoms with Crippen LogP contribution in [0.2, 0.25) is 0 Å². The molecule has 0 fully saturated rings. The molecule has 1 aromatic heterocycles. The molecule has 8 nitrogen and oxygen atoms in total. The van der Waals surface area contributed by atoms with Gasteiger partial charge in [0, 0.05) is 6.07 Å². The Hall–Kier alpha value is -2.68. The lowest BCUT2D eigenvalue weighted by Gasteiger charge is -2.24. The van der Waals surface area contributed by atoms with Gasteiger partial charge in [-0.15, -0.1) is 0 Å². The van der Waals surface area contributed by atoms with Crippen molar-refractivity contribution in [2.75, 3.05) is 30.3 Å². The molecule has 0 bridgehead atoms. The summed E-state index contributed by atoms with van der Waals surface area (Å²) in [6, 6.07) is 8.18. The van der Waals surface area contributed by atoms with Gasteiger partial charge in [-0.1, -0.05) is 0 Å². The van der Waals surface area contributed by atoms with Gasteiger partial charge in [-0.3, -0.25) is 9.10 Å². The molecule has 1 N–H and O–H groups in total. The van der Waals surface area contributed by atoms with E-state index in [2.05, 4.69) is 5.32 Å². The van der Waals surface area contributed by atoms with Gasteiger partial charge in [-0.25, -0.2) is 8.42 Å². The molecule has 3 rings (SSSR count). The number of furan rings is 1. The molecule has 0 saturated heterocycles. The topological polar surface area (TPSA) is 98.1 Å². The van der Waals surface area contributed by atoms with Crippen LogP contribution in [0.4, 0.5) is 5.69 Å². The van der Waals surface area contributed by atoms with Crippen LogP contribution >= 0.6 is 0 Å². The first-order valence-electron chi connectivity index (χ1n) is 7.60. The summed E-state index contributed by atoms with van der Waals surface area (Å²) in [5.74, 6) is 1.13. The van der Waals surface area contributed by atoms with Crippen LogP contribution in [0.1, 0.15) is 5.76 Å². The van der Waals surface area contributed by atoms with Crippen LogP contribution in [0.5, 0.6) is 11.5 Å². The molecule has 1 amide bonds. The molecule has 0 radical (unpaired) electrons. The Bertz CT molecular complexity index is 848. The molecule has 25 heavy (non-hydrogen) atoms. The first-order chi connectivity index (χ1) is 11.9. The van der Waals surface area contributed by atoms with E-state index in [9.17, 15) is 13.2 Å². The number of anilines is 1. The van der Waals surface area contributed by atoms with Crippen molar-refractivity contribution in [3.8, 4) is 11.5 Å². The van der Waals surface area contributed by atoms with E-state index >= 15 is 0 Å². The van der Waals surface area contributed by atoms with E-state index in [1.807, 2.05) is 0 Å². The number of nitrogens with one attached hydrogen (secondary N) is 1. The second-order valence-corrected chi connectivity index (χ2v) is 7.36. The van der Waals surface area contributed by atoms with Crippen molar-refractivity contribution in [2.24, 2.45) is 0 Å². The maximum Gasteiger partial charge on any atom is 0.241 e. The number of ether oxygens (including phenoxy) is 2. The number of amides is 1. The number of carbonyl (C=O) groups is 1. The summed E-state index contributed by atoms with van der Waals surface area (Å²) in [5, 5.41) is 2.62. The van der Waals surface area contributed by atoms with Gasteiger partial charge in [0.2, 0.25) is 15.9 Å². The number of sulfonamides is 1. The number of hydrogen-bond donors (Lipinski definition) is 1. The largest absolute Gasteiger partial charge is 0.486 e. The first-order valence-corrected chi connectivity index (χ1v) is 9.45. The number of benzene rings is 1. The molecule has 0 spiro atoms. The zero-order valence-electron chi connectivity index (χ0n) is 13.6. The van der Waals surface area contributed by atoms with E-state index in [4.69, 9.17) is 13.9 Å². The highest BCUT2D eigenvalue weighted by Gasteiger charge is 2.23. The van der Waals surface area contributed by atoms with Crippen LogP contribution in [-0.2, 0) is 21.4 Å². The Morgan fingerprint density at radius 1 is 1.20 bits per heavy atom.